The molecule has 12 heavy (non-hydrogen) atoms. The molecule has 0 unspecified atom stereocenters. The predicted octanol–water partition coefficient (Wildman–Crippen LogP) is 2.04. The molecule has 1 N–H and O–H groups in total. The van der Waals surface area contributed by atoms with Gasteiger partial charge in [0.2, 0.25) is 0 Å². The molecule has 0 aromatic rings. The Labute approximate surface area is 73.0 Å². The number of methoxy groups -OCH3 is 1. The fraction of sp³-hybridized carbons (Fsp3) is 0.667. The smallest absolute Gasteiger partial charge is 0.331 e. The average molecular weight is 172 g/mol. The second-order valence-electron chi connectivity index (χ2n) is 2.60. The Balaban J connectivity index is 4.40. The summed E-state index contributed by atoms with van der Waals surface area (Å²) in [4.78, 5) is 10.3. The van der Waals surface area contributed by atoms with Crippen LogP contribution in [0.1, 0.15) is 26.7 Å². The third kappa shape index (κ3) is 3.42. The number of hydrogen-bond acceptors (Lipinski definition) is 2. The van der Waals surface area contributed by atoms with Crippen molar-refractivity contribution in [1.29, 1.82) is 0 Å². The molecule has 0 bridgehead atoms. The minimum absolute atomic E-state index is 0.228. The van der Waals surface area contributed by atoms with Crippen LogP contribution in [0.25, 0.3) is 0 Å². The molecular formula is C9H16O3. The van der Waals surface area contributed by atoms with Crippen molar-refractivity contribution in [1.82, 2.24) is 0 Å². The summed E-state index contributed by atoms with van der Waals surface area (Å²) in [5, 5.41) is 8.50. The Bertz CT molecular complexity index is 169. The van der Waals surface area contributed by atoms with Gasteiger partial charge in [0.25, 0.3) is 0 Å². The summed E-state index contributed by atoms with van der Waals surface area (Å²) in [5.74, 6) is -0.155. The van der Waals surface area contributed by atoms with Crippen LogP contribution in [0.4, 0.5) is 0 Å². The van der Waals surface area contributed by atoms with E-state index in [2.05, 4.69) is 0 Å². The van der Waals surface area contributed by atoms with Gasteiger partial charge in [0.15, 0.2) is 0 Å². The number of rotatable bonds is 5. The number of allylic oxidation sites excluding steroid dienone is 1. The number of aliphatic carboxylic acids is 1. The van der Waals surface area contributed by atoms with E-state index in [4.69, 9.17) is 9.84 Å². The first-order chi connectivity index (χ1) is 5.65. The van der Waals surface area contributed by atoms with Gasteiger partial charge in [-0.25, -0.2) is 4.79 Å². The third-order valence-corrected chi connectivity index (χ3v) is 1.89. The van der Waals surface area contributed by atoms with Crippen LogP contribution in [0.2, 0.25) is 0 Å². The van der Waals surface area contributed by atoms with Gasteiger partial charge in [-0.3, -0.25) is 0 Å². The molecule has 70 valence electrons. The average Bonchev–Trinajstić information content (AvgIpc) is 2.04. The maximum Gasteiger partial charge on any atom is 0.331 e. The van der Waals surface area contributed by atoms with Gasteiger partial charge in [-0.15, -0.1) is 0 Å². The topological polar surface area (TPSA) is 46.5 Å². The van der Waals surface area contributed by atoms with Crippen molar-refractivity contribution in [3.05, 3.63) is 11.8 Å². The van der Waals surface area contributed by atoms with E-state index in [0.717, 1.165) is 18.9 Å². The zero-order valence-corrected chi connectivity index (χ0v) is 7.83. The number of carboxylic acids is 1. The fourth-order valence-corrected chi connectivity index (χ4v) is 1.16. The van der Waals surface area contributed by atoms with E-state index >= 15 is 0 Å². The first-order valence-corrected chi connectivity index (χ1v) is 4.14. The quantitative estimate of drug-likeness (QED) is 0.510. The molecule has 0 aromatic heterocycles. The minimum atomic E-state index is -0.946. The van der Waals surface area contributed by atoms with E-state index in [0.29, 0.717) is 5.76 Å². The zero-order valence-electron chi connectivity index (χ0n) is 7.83. The molecule has 0 aliphatic carbocycles. The highest BCUT2D eigenvalue weighted by molar-refractivity contribution is 5.80. The standard InChI is InChI=1S/C9H16O3/c1-4-7(5-2)8(12-3)6-9(10)11/h6-7H,4-5H2,1-3H3,(H,10,11). The van der Waals surface area contributed by atoms with Crippen molar-refractivity contribution in [2.75, 3.05) is 7.11 Å². The van der Waals surface area contributed by atoms with Gasteiger partial charge < -0.3 is 9.84 Å². The van der Waals surface area contributed by atoms with Gasteiger partial charge >= 0.3 is 5.97 Å². The molecule has 0 saturated heterocycles. The van der Waals surface area contributed by atoms with Gasteiger partial charge in [0.1, 0.15) is 5.76 Å². The fourth-order valence-electron chi connectivity index (χ4n) is 1.16. The van der Waals surface area contributed by atoms with E-state index in [1.807, 2.05) is 13.8 Å². The molecule has 0 aliphatic rings. The zero-order chi connectivity index (χ0) is 9.56. The van der Waals surface area contributed by atoms with Crippen LogP contribution in [0.15, 0.2) is 11.8 Å². The number of carbonyl (C=O) groups is 1. The molecule has 0 atom stereocenters. The molecule has 0 aliphatic heterocycles. The van der Waals surface area contributed by atoms with Crippen molar-refractivity contribution >= 4 is 5.97 Å². The highest BCUT2D eigenvalue weighted by atomic mass is 16.5. The second-order valence-corrected chi connectivity index (χ2v) is 2.60. The lowest BCUT2D eigenvalue weighted by molar-refractivity contribution is -0.131. The monoisotopic (exact) mass is 172 g/mol. The van der Waals surface area contributed by atoms with Gasteiger partial charge in [0, 0.05) is 5.92 Å². The summed E-state index contributed by atoms with van der Waals surface area (Å²) in [6, 6.07) is 0. The summed E-state index contributed by atoms with van der Waals surface area (Å²) in [5.41, 5.74) is 0. The molecular weight excluding hydrogens is 156 g/mol. The Morgan fingerprint density at radius 1 is 1.50 bits per heavy atom. The lowest BCUT2D eigenvalue weighted by atomic mass is 10.0. The molecule has 3 heteroatoms. The van der Waals surface area contributed by atoms with Crippen LogP contribution in [-0.4, -0.2) is 18.2 Å². The van der Waals surface area contributed by atoms with Crippen LogP contribution < -0.4 is 0 Å². The van der Waals surface area contributed by atoms with Crippen LogP contribution in [0.3, 0.4) is 0 Å². The van der Waals surface area contributed by atoms with E-state index in [1.165, 1.54) is 7.11 Å². The predicted molar refractivity (Wildman–Crippen MR) is 46.8 cm³/mol. The van der Waals surface area contributed by atoms with E-state index in [1.54, 1.807) is 0 Å². The molecule has 0 spiro atoms. The lowest BCUT2D eigenvalue weighted by Crippen LogP contribution is -2.06. The molecule has 0 heterocycles. The van der Waals surface area contributed by atoms with E-state index < -0.39 is 5.97 Å². The minimum Gasteiger partial charge on any atom is -0.501 e. The normalized spacial score (nSPS) is 11.8. The maximum absolute atomic E-state index is 10.3. The first kappa shape index (κ1) is 11.0. The molecule has 0 amide bonds. The van der Waals surface area contributed by atoms with Crippen molar-refractivity contribution in [3.8, 4) is 0 Å². The summed E-state index contributed by atoms with van der Waals surface area (Å²) in [7, 11) is 1.51. The second kappa shape index (κ2) is 5.63. The van der Waals surface area contributed by atoms with Gasteiger partial charge in [-0.1, -0.05) is 13.8 Å². The molecule has 3 nitrogen and oxygen atoms in total. The van der Waals surface area contributed by atoms with Crippen LogP contribution >= 0.6 is 0 Å². The Morgan fingerprint density at radius 2 is 2.00 bits per heavy atom. The SMILES string of the molecule is CCC(CC)C(=CC(=O)O)OC. The third-order valence-electron chi connectivity index (χ3n) is 1.89. The summed E-state index contributed by atoms with van der Waals surface area (Å²) >= 11 is 0. The van der Waals surface area contributed by atoms with E-state index in [-0.39, 0.29) is 5.92 Å². The van der Waals surface area contributed by atoms with Crippen LogP contribution in [0.5, 0.6) is 0 Å². The Kier molecular flexibility index (Phi) is 5.17. The largest absolute Gasteiger partial charge is 0.501 e. The molecule has 0 radical (unpaired) electrons. The molecule has 0 fully saturated rings. The maximum atomic E-state index is 10.3. The molecule has 0 rings (SSSR count). The Morgan fingerprint density at radius 3 is 2.25 bits per heavy atom. The van der Waals surface area contributed by atoms with Gasteiger partial charge in [-0.2, -0.15) is 0 Å². The summed E-state index contributed by atoms with van der Waals surface area (Å²) < 4.78 is 4.99. The van der Waals surface area contributed by atoms with Gasteiger partial charge in [-0.05, 0) is 12.8 Å². The highest BCUT2D eigenvalue weighted by Crippen LogP contribution is 2.18. The number of hydrogen-bond donors (Lipinski definition) is 1. The lowest BCUT2D eigenvalue weighted by Gasteiger charge is -2.14. The van der Waals surface area contributed by atoms with Gasteiger partial charge in [0.05, 0.1) is 13.2 Å². The van der Waals surface area contributed by atoms with Crippen molar-refractivity contribution in [3.63, 3.8) is 0 Å². The molecule has 0 saturated carbocycles. The summed E-state index contributed by atoms with van der Waals surface area (Å²) in [6.07, 6.45) is 2.95. The van der Waals surface area contributed by atoms with Crippen molar-refractivity contribution in [2.45, 2.75) is 26.7 Å². The van der Waals surface area contributed by atoms with Crippen molar-refractivity contribution < 1.29 is 14.6 Å². The highest BCUT2D eigenvalue weighted by Gasteiger charge is 2.11. The number of ether oxygens (including phenoxy) is 1. The first-order valence-electron chi connectivity index (χ1n) is 4.14. The summed E-state index contributed by atoms with van der Waals surface area (Å²) in [6.45, 7) is 4.03. The van der Waals surface area contributed by atoms with E-state index in [9.17, 15) is 4.79 Å². The van der Waals surface area contributed by atoms with Crippen molar-refractivity contribution in [2.24, 2.45) is 5.92 Å². The van der Waals surface area contributed by atoms with Crippen LogP contribution in [-0.2, 0) is 9.53 Å². The number of carboxylic acid groups (broad SMARTS) is 1. The Hall–Kier alpha value is -0.990. The molecule has 0 aromatic carbocycles. The van der Waals surface area contributed by atoms with Crippen LogP contribution in [0, 0.1) is 5.92 Å².